The minimum atomic E-state index is -0.136. The van der Waals surface area contributed by atoms with Gasteiger partial charge in [0, 0.05) is 15.9 Å². The van der Waals surface area contributed by atoms with Crippen molar-refractivity contribution in [2.75, 3.05) is 0 Å². The van der Waals surface area contributed by atoms with E-state index < -0.39 is 0 Å². The molecule has 1 atom stereocenters. The van der Waals surface area contributed by atoms with Crippen LogP contribution in [-0.4, -0.2) is 11.9 Å². The number of benzene rings is 1. The average molecular weight is 388 g/mol. The van der Waals surface area contributed by atoms with Gasteiger partial charge in [0.1, 0.15) is 0 Å². The van der Waals surface area contributed by atoms with Crippen LogP contribution in [0.3, 0.4) is 0 Å². The second-order valence-corrected chi connectivity index (χ2v) is 6.67. The molecule has 1 aliphatic rings. The monoisotopic (exact) mass is 386 g/mol. The Balaban J connectivity index is 0.00000161. The summed E-state index contributed by atoms with van der Waals surface area (Å²) < 4.78 is 1.06. The van der Waals surface area contributed by atoms with Gasteiger partial charge in [0.15, 0.2) is 0 Å². The molecule has 0 spiro atoms. The summed E-state index contributed by atoms with van der Waals surface area (Å²) in [6.07, 6.45) is 0.758. The van der Waals surface area contributed by atoms with Gasteiger partial charge in [0.2, 0.25) is 5.91 Å². The third kappa shape index (κ3) is 3.86. The maximum absolute atomic E-state index is 12.2. The standard InChI is InChI=1S/C15H15BrN2OS.ClH/c16-12-5-6-20-14(12)9-18-15(19)13-7-10-3-1-2-4-11(10)8-17-13;/h1-6,13,17H,7-9H2,(H,18,19);1H. The number of rotatable bonds is 3. The first-order valence-corrected chi connectivity index (χ1v) is 8.21. The van der Waals surface area contributed by atoms with Crippen molar-refractivity contribution >= 4 is 45.6 Å². The first-order chi connectivity index (χ1) is 9.74. The Hall–Kier alpha value is -0.880. The molecule has 112 valence electrons. The quantitative estimate of drug-likeness (QED) is 0.849. The van der Waals surface area contributed by atoms with E-state index in [1.165, 1.54) is 11.1 Å². The third-order valence-electron chi connectivity index (χ3n) is 3.51. The first-order valence-electron chi connectivity index (χ1n) is 6.54. The van der Waals surface area contributed by atoms with Crippen LogP contribution in [0.5, 0.6) is 0 Å². The fourth-order valence-corrected chi connectivity index (χ4v) is 3.81. The summed E-state index contributed by atoms with van der Waals surface area (Å²) in [5, 5.41) is 8.32. The molecule has 0 saturated carbocycles. The molecule has 1 unspecified atom stereocenters. The highest BCUT2D eigenvalue weighted by Crippen LogP contribution is 2.22. The second kappa shape index (κ2) is 7.40. The lowest BCUT2D eigenvalue weighted by molar-refractivity contribution is -0.123. The second-order valence-electron chi connectivity index (χ2n) is 4.82. The number of fused-ring (bicyclic) bond motifs is 1. The number of hydrogen-bond acceptors (Lipinski definition) is 3. The fraction of sp³-hybridized carbons (Fsp3) is 0.267. The fourth-order valence-electron chi connectivity index (χ4n) is 2.38. The number of carbonyl (C=O) groups excluding carboxylic acids is 1. The highest BCUT2D eigenvalue weighted by molar-refractivity contribution is 9.10. The smallest absolute Gasteiger partial charge is 0.237 e. The van der Waals surface area contributed by atoms with Crippen molar-refractivity contribution in [1.82, 2.24) is 10.6 Å². The number of amides is 1. The van der Waals surface area contributed by atoms with Crippen LogP contribution in [0.1, 0.15) is 16.0 Å². The van der Waals surface area contributed by atoms with E-state index in [9.17, 15) is 4.79 Å². The summed E-state index contributed by atoms with van der Waals surface area (Å²) >= 11 is 5.12. The number of thiophene rings is 1. The normalized spacial score (nSPS) is 16.7. The van der Waals surface area contributed by atoms with E-state index in [0.717, 1.165) is 22.3 Å². The van der Waals surface area contributed by atoms with Crippen LogP contribution in [-0.2, 0) is 24.3 Å². The molecule has 2 N–H and O–H groups in total. The van der Waals surface area contributed by atoms with Gasteiger partial charge in [-0.05, 0) is 44.9 Å². The Morgan fingerprint density at radius 2 is 2.10 bits per heavy atom. The minimum Gasteiger partial charge on any atom is -0.350 e. The highest BCUT2D eigenvalue weighted by Gasteiger charge is 2.23. The average Bonchev–Trinajstić information content (AvgIpc) is 2.89. The molecule has 21 heavy (non-hydrogen) atoms. The number of nitrogens with one attached hydrogen (secondary N) is 2. The highest BCUT2D eigenvalue weighted by atomic mass is 79.9. The van der Waals surface area contributed by atoms with Crippen LogP contribution >= 0.6 is 39.7 Å². The zero-order chi connectivity index (χ0) is 13.9. The minimum absolute atomic E-state index is 0. The van der Waals surface area contributed by atoms with Crippen molar-refractivity contribution in [3.05, 3.63) is 56.2 Å². The molecule has 1 amide bonds. The van der Waals surface area contributed by atoms with Gasteiger partial charge in [-0.2, -0.15) is 0 Å². The van der Waals surface area contributed by atoms with Crippen LogP contribution in [0.2, 0.25) is 0 Å². The number of carbonyl (C=O) groups is 1. The molecule has 2 aromatic rings. The Morgan fingerprint density at radius 3 is 2.81 bits per heavy atom. The first kappa shape index (κ1) is 16.5. The number of hydrogen-bond donors (Lipinski definition) is 2. The van der Waals surface area contributed by atoms with Crippen LogP contribution in [0.4, 0.5) is 0 Å². The van der Waals surface area contributed by atoms with Gasteiger partial charge in [0.05, 0.1) is 12.6 Å². The molecule has 0 radical (unpaired) electrons. The van der Waals surface area contributed by atoms with Crippen LogP contribution in [0, 0.1) is 0 Å². The van der Waals surface area contributed by atoms with Crippen molar-refractivity contribution in [2.24, 2.45) is 0 Å². The summed E-state index contributed by atoms with van der Waals surface area (Å²) in [6, 6.07) is 10.1. The summed E-state index contributed by atoms with van der Waals surface area (Å²) in [5.41, 5.74) is 2.56. The Bertz CT molecular complexity index is 632. The summed E-state index contributed by atoms with van der Waals surface area (Å²) in [7, 11) is 0. The zero-order valence-corrected chi connectivity index (χ0v) is 14.5. The topological polar surface area (TPSA) is 41.1 Å². The van der Waals surface area contributed by atoms with Gasteiger partial charge in [-0.15, -0.1) is 23.7 Å². The van der Waals surface area contributed by atoms with Gasteiger partial charge < -0.3 is 10.6 Å². The van der Waals surface area contributed by atoms with Gasteiger partial charge >= 0.3 is 0 Å². The van der Waals surface area contributed by atoms with E-state index in [2.05, 4.69) is 38.7 Å². The summed E-state index contributed by atoms with van der Waals surface area (Å²) in [6.45, 7) is 1.34. The molecular formula is C15H16BrClN2OS. The summed E-state index contributed by atoms with van der Waals surface area (Å²) in [5.74, 6) is 0.0693. The molecule has 1 aliphatic heterocycles. The van der Waals surface area contributed by atoms with E-state index in [1.54, 1.807) is 11.3 Å². The Morgan fingerprint density at radius 1 is 1.33 bits per heavy atom. The van der Waals surface area contributed by atoms with E-state index in [4.69, 9.17) is 0 Å². The molecule has 3 rings (SSSR count). The van der Waals surface area contributed by atoms with E-state index >= 15 is 0 Å². The number of halogens is 2. The lowest BCUT2D eigenvalue weighted by atomic mass is 9.95. The molecular weight excluding hydrogens is 372 g/mol. The lowest BCUT2D eigenvalue weighted by Crippen LogP contribution is -2.47. The SMILES string of the molecule is Cl.O=C(NCc1sccc1Br)C1Cc2ccccc2CN1. The molecule has 0 saturated heterocycles. The van der Waals surface area contributed by atoms with Crippen molar-refractivity contribution < 1.29 is 4.79 Å². The molecule has 0 aliphatic carbocycles. The van der Waals surface area contributed by atoms with Gasteiger partial charge in [-0.1, -0.05) is 24.3 Å². The van der Waals surface area contributed by atoms with E-state index in [-0.39, 0.29) is 24.4 Å². The molecule has 3 nitrogen and oxygen atoms in total. The predicted octanol–water partition coefficient (Wildman–Crippen LogP) is 3.26. The van der Waals surface area contributed by atoms with Crippen LogP contribution in [0.15, 0.2) is 40.2 Å². The molecule has 6 heteroatoms. The van der Waals surface area contributed by atoms with Crippen molar-refractivity contribution in [1.29, 1.82) is 0 Å². The maximum atomic E-state index is 12.2. The predicted molar refractivity (Wildman–Crippen MR) is 91.9 cm³/mol. The third-order valence-corrected chi connectivity index (χ3v) is 5.44. The van der Waals surface area contributed by atoms with E-state index in [0.29, 0.717) is 6.54 Å². The Labute approximate surface area is 142 Å². The van der Waals surface area contributed by atoms with Crippen molar-refractivity contribution in [3.8, 4) is 0 Å². The molecule has 0 bridgehead atoms. The van der Waals surface area contributed by atoms with Crippen molar-refractivity contribution in [2.45, 2.75) is 25.6 Å². The summed E-state index contributed by atoms with van der Waals surface area (Å²) in [4.78, 5) is 13.4. The van der Waals surface area contributed by atoms with Gasteiger partial charge in [0.25, 0.3) is 0 Å². The van der Waals surface area contributed by atoms with Crippen LogP contribution < -0.4 is 10.6 Å². The maximum Gasteiger partial charge on any atom is 0.237 e. The van der Waals surface area contributed by atoms with Crippen LogP contribution in [0.25, 0.3) is 0 Å². The van der Waals surface area contributed by atoms with Gasteiger partial charge in [-0.3, -0.25) is 4.79 Å². The lowest BCUT2D eigenvalue weighted by Gasteiger charge is -2.25. The van der Waals surface area contributed by atoms with Gasteiger partial charge in [-0.25, -0.2) is 0 Å². The molecule has 1 aromatic heterocycles. The van der Waals surface area contributed by atoms with E-state index in [1.807, 2.05) is 23.6 Å². The molecule has 2 heterocycles. The molecule has 0 fully saturated rings. The Kier molecular flexibility index (Phi) is 5.81. The van der Waals surface area contributed by atoms with Crippen molar-refractivity contribution in [3.63, 3.8) is 0 Å². The zero-order valence-electron chi connectivity index (χ0n) is 11.3. The molecule has 1 aromatic carbocycles. The largest absolute Gasteiger partial charge is 0.350 e.